The highest BCUT2D eigenvalue weighted by molar-refractivity contribution is 9.10. The molecule has 82 valence electrons. The van der Waals surface area contributed by atoms with Crippen molar-refractivity contribution in [1.82, 2.24) is 25.6 Å². The number of aromatic amines is 1. The lowest BCUT2D eigenvalue weighted by Crippen LogP contribution is -2.14. The number of rotatable bonds is 2. The minimum absolute atomic E-state index is 0.0499. The molecule has 2 rings (SSSR count). The monoisotopic (exact) mass is 302 g/mol. The number of anilines is 1. The van der Waals surface area contributed by atoms with E-state index in [-0.39, 0.29) is 5.82 Å². The molecular formula is C7H4BrClN6O. The molecule has 0 radical (unpaired) electrons. The highest BCUT2D eigenvalue weighted by Crippen LogP contribution is 2.22. The molecule has 0 aliphatic rings. The van der Waals surface area contributed by atoms with Crippen LogP contribution < -0.4 is 5.32 Å². The van der Waals surface area contributed by atoms with Crippen molar-refractivity contribution in [3.63, 3.8) is 0 Å². The first-order chi connectivity index (χ1) is 7.66. The molecule has 0 aromatic carbocycles. The van der Waals surface area contributed by atoms with Crippen LogP contribution in [0.4, 0.5) is 5.69 Å². The highest BCUT2D eigenvalue weighted by atomic mass is 79.9. The van der Waals surface area contributed by atoms with Gasteiger partial charge in [-0.25, -0.2) is 4.98 Å². The summed E-state index contributed by atoms with van der Waals surface area (Å²) in [7, 11) is 0. The Bertz CT molecular complexity index is 516. The van der Waals surface area contributed by atoms with Gasteiger partial charge in [-0.2, -0.15) is 5.21 Å². The van der Waals surface area contributed by atoms with Gasteiger partial charge in [0.15, 0.2) is 0 Å². The number of hydrogen-bond donors (Lipinski definition) is 2. The van der Waals surface area contributed by atoms with Crippen molar-refractivity contribution in [2.24, 2.45) is 0 Å². The van der Waals surface area contributed by atoms with Gasteiger partial charge < -0.3 is 5.32 Å². The van der Waals surface area contributed by atoms with Gasteiger partial charge in [-0.05, 0) is 27.2 Å². The van der Waals surface area contributed by atoms with E-state index in [0.29, 0.717) is 15.3 Å². The van der Waals surface area contributed by atoms with E-state index in [4.69, 9.17) is 11.6 Å². The molecule has 0 bridgehead atoms. The first-order valence-corrected chi connectivity index (χ1v) is 5.20. The average molecular weight is 304 g/mol. The third-order valence-corrected chi connectivity index (χ3v) is 2.74. The molecule has 7 nitrogen and oxygen atoms in total. The molecule has 9 heteroatoms. The van der Waals surface area contributed by atoms with Crippen LogP contribution in [-0.4, -0.2) is 31.5 Å². The summed E-state index contributed by atoms with van der Waals surface area (Å²) in [5.41, 5.74) is 0.478. The summed E-state index contributed by atoms with van der Waals surface area (Å²) in [4.78, 5) is 15.4. The maximum absolute atomic E-state index is 11.5. The number of halogens is 2. The smallest absolute Gasteiger partial charge is 0.297 e. The number of amides is 1. The van der Waals surface area contributed by atoms with Crippen LogP contribution in [0.25, 0.3) is 0 Å². The second kappa shape index (κ2) is 4.54. The topological polar surface area (TPSA) is 96.5 Å². The quantitative estimate of drug-likeness (QED) is 0.814. The molecule has 0 atom stereocenters. The third kappa shape index (κ3) is 2.34. The number of hydrogen-bond acceptors (Lipinski definition) is 5. The minimum atomic E-state index is -0.482. The molecule has 0 spiro atoms. The molecule has 0 unspecified atom stereocenters. The lowest BCUT2D eigenvalue weighted by molar-refractivity contribution is 0.101. The number of carbonyl (C=O) groups excluding carboxylic acids is 1. The molecule has 2 aromatic heterocycles. The first-order valence-electron chi connectivity index (χ1n) is 4.02. The van der Waals surface area contributed by atoms with Gasteiger partial charge >= 0.3 is 0 Å². The summed E-state index contributed by atoms with van der Waals surface area (Å²) >= 11 is 8.90. The normalized spacial score (nSPS) is 10.1. The van der Waals surface area contributed by atoms with E-state index in [1.54, 1.807) is 6.07 Å². The second-order valence-corrected chi connectivity index (χ2v) is 3.90. The van der Waals surface area contributed by atoms with Crippen LogP contribution in [0.2, 0.25) is 5.15 Å². The van der Waals surface area contributed by atoms with Crippen molar-refractivity contribution in [2.45, 2.75) is 0 Å². The van der Waals surface area contributed by atoms with E-state index in [9.17, 15) is 4.79 Å². The molecule has 1 amide bonds. The zero-order valence-electron chi connectivity index (χ0n) is 7.61. The first kappa shape index (κ1) is 11.0. The Labute approximate surface area is 103 Å². The molecule has 0 fully saturated rings. The second-order valence-electron chi connectivity index (χ2n) is 2.69. The van der Waals surface area contributed by atoms with Crippen LogP contribution in [0, 0.1) is 0 Å². The SMILES string of the molecule is O=C(Nc1cnc(Cl)c(Br)c1)c1nn[nH]n1. The summed E-state index contributed by atoms with van der Waals surface area (Å²) in [6.45, 7) is 0. The third-order valence-electron chi connectivity index (χ3n) is 1.60. The van der Waals surface area contributed by atoms with Crippen molar-refractivity contribution < 1.29 is 4.79 Å². The Morgan fingerprint density at radius 2 is 2.38 bits per heavy atom. The fourth-order valence-electron chi connectivity index (χ4n) is 0.935. The number of nitrogens with one attached hydrogen (secondary N) is 2. The van der Waals surface area contributed by atoms with Gasteiger partial charge in [-0.1, -0.05) is 11.6 Å². The molecule has 2 heterocycles. The Hall–Kier alpha value is -1.54. The zero-order valence-corrected chi connectivity index (χ0v) is 9.95. The Morgan fingerprint density at radius 1 is 1.56 bits per heavy atom. The molecule has 0 aliphatic heterocycles. The summed E-state index contributed by atoms with van der Waals surface area (Å²) < 4.78 is 0.583. The van der Waals surface area contributed by atoms with Gasteiger partial charge in [0.25, 0.3) is 11.7 Å². The lowest BCUT2D eigenvalue weighted by atomic mass is 10.4. The van der Waals surface area contributed by atoms with Crippen LogP contribution in [-0.2, 0) is 0 Å². The molecular weight excluding hydrogens is 299 g/mol. The van der Waals surface area contributed by atoms with Crippen molar-refractivity contribution in [3.05, 3.63) is 27.7 Å². The van der Waals surface area contributed by atoms with Gasteiger partial charge in [0.1, 0.15) is 5.15 Å². The molecule has 16 heavy (non-hydrogen) atoms. The van der Waals surface area contributed by atoms with Gasteiger partial charge in [0.2, 0.25) is 0 Å². The van der Waals surface area contributed by atoms with E-state index < -0.39 is 5.91 Å². The number of tetrazole rings is 1. The number of H-pyrrole nitrogens is 1. The van der Waals surface area contributed by atoms with Gasteiger partial charge in [0.05, 0.1) is 16.4 Å². The van der Waals surface area contributed by atoms with Crippen LogP contribution in [0.5, 0.6) is 0 Å². The largest absolute Gasteiger partial charge is 0.318 e. The maximum Gasteiger partial charge on any atom is 0.297 e. The number of carbonyl (C=O) groups is 1. The lowest BCUT2D eigenvalue weighted by Gasteiger charge is -2.02. The predicted octanol–water partition coefficient (Wildman–Crippen LogP) is 1.26. The molecule has 2 N–H and O–H groups in total. The number of nitrogens with zero attached hydrogens (tertiary/aromatic N) is 4. The summed E-state index contributed by atoms with van der Waals surface area (Å²) in [6, 6.07) is 1.62. The maximum atomic E-state index is 11.5. The average Bonchev–Trinajstić information content (AvgIpc) is 2.77. The van der Waals surface area contributed by atoms with Crippen LogP contribution in [0.3, 0.4) is 0 Å². The predicted molar refractivity (Wildman–Crippen MR) is 59.1 cm³/mol. The summed E-state index contributed by atoms with van der Waals surface area (Å²) in [5.74, 6) is -0.532. The molecule has 2 aromatic rings. The van der Waals surface area contributed by atoms with Gasteiger partial charge in [-0.3, -0.25) is 4.79 Å². The minimum Gasteiger partial charge on any atom is -0.318 e. The zero-order chi connectivity index (χ0) is 11.5. The standard InChI is InChI=1S/C7H4BrClN6O/c8-4-1-3(2-10-5(4)9)11-7(16)6-12-14-15-13-6/h1-2H,(H,11,16)(H,12,13,14,15). The Balaban J connectivity index is 2.15. The Kier molecular flexibility index (Phi) is 3.11. The summed E-state index contributed by atoms with van der Waals surface area (Å²) in [5, 5.41) is 15.4. The van der Waals surface area contributed by atoms with Crippen molar-refractivity contribution in [3.8, 4) is 0 Å². The van der Waals surface area contributed by atoms with E-state index in [2.05, 4.69) is 46.9 Å². The van der Waals surface area contributed by atoms with E-state index in [1.807, 2.05) is 0 Å². The summed E-state index contributed by atoms with van der Waals surface area (Å²) in [6.07, 6.45) is 1.42. The van der Waals surface area contributed by atoms with E-state index in [1.165, 1.54) is 6.20 Å². The van der Waals surface area contributed by atoms with Crippen LogP contribution in [0.15, 0.2) is 16.7 Å². The molecule has 0 aliphatic carbocycles. The van der Waals surface area contributed by atoms with Gasteiger partial charge in [0, 0.05) is 0 Å². The van der Waals surface area contributed by atoms with E-state index >= 15 is 0 Å². The van der Waals surface area contributed by atoms with Crippen molar-refractivity contribution in [1.29, 1.82) is 0 Å². The van der Waals surface area contributed by atoms with Gasteiger partial charge in [-0.15, -0.1) is 10.2 Å². The highest BCUT2D eigenvalue weighted by Gasteiger charge is 2.11. The van der Waals surface area contributed by atoms with Crippen molar-refractivity contribution >= 4 is 39.1 Å². The van der Waals surface area contributed by atoms with Crippen molar-refractivity contribution in [2.75, 3.05) is 5.32 Å². The van der Waals surface area contributed by atoms with Crippen LogP contribution in [0.1, 0.15) is 10.6 Å². The number of pyridine rings is 1. The fraction of sp³-hybridized carbons (Fsp3) is 0. The molecule has 0 saturated carbocycles. The molecule has 0 saturated heterocycles. The fourth-order valence-corrected chi connectivity index (χ4v) is 1.39. The number of aromatic nitrogens is 5. The Morgan fingerprint density at radius 3 is 3.00 bits per heavy atom. The van der Waals surface area contributed by atoms with Crippen LogP contribution >= 0.6 is 27.5 Å². The van der Waals surface area contributed by atoms with E-state index in [0.717, 1.165) is 0 Å².